The van der Waals surface area contributed by atoms with Gasteiger partial charge in [0.15, 0.2) is 0 Å². The number of aromatic nitrogens is 2. The zero-order chi connectivity index (χ0) is 10.8. The molecule has 0 radical (unpaired) electrons. The first kappa shape index (κ1) is 10.1. The molecule has 0 bridgehead atoms. The zero-order valence-corrected chi connectivity index (χ0v) is 8.21. The highest BCUT2D eigenvalue weighted by molar-refractivity contribution is 7.05. The number of aliphatic hydroxyl groups is 1. The number of hydrogen-bond donors (Lipinski definition) is 1. The van der Waals surface area contributed by atoms with Gasteiger partial charge in [-0.15, -0.1) is 5.10 Å². The fraction of sp³-hybridized carbons (Fsp3) is 0.111. The lowest BCUT2D eigenvalue weighted by Gasteiger charge is -2.07. The van der Waals surface area contributed by atoms with Crippen molar-refractivity contribution in [3.05, 3.63) is 46.5 Å². The van der Waals surface area contributed by atoms with E-state index in [4.69, 9.17) is 0 Å². The minimum absolute atomic E-state index is 0.151. The van der Waals surface area contributed by atoms with Gasteiger partial charge in [-0.05, 0) is 29.2 Å². The van der Waals surface area contributed by atoms with Gasteiger partial charge in [-0.25, -0.2) is 8.78 Å². The lowest BCUT2D eigenvalue weighted by molar-refractivity contribution is 0.223. The summed E-state index contributed by atoms with van der Waals surface area (Å²) in [5.74, 6) is -1.44. The third-order valence-corrected chi connectivity index (χ3v) is 2.56. The summed E-state index contributed by atoms with van der Waals surface area (Å²) in [6, 6.07) is 2.90. The fourth-order valence-corrected chi connectivity index (χ4v) is 1.71. The molecule has 3 nitrogen and oxygen atoms in total. The molecule has 2 rings (SSSR count). The van der Waals surface area contributed by atoms with Crippen LogP contribution in [0.2, 0.25) is 0 Å². The fourth-order valence-electron chi connectivity index (χ4n) is 1.19. The van der Waals surface area contributed by atoms with Crippen molar-refractivity contribution in [2.75, 3.05) is 0 Å². The second kappa shape index (κ2) is 4.00. The minimum Gasteiger partial charge on any atom is -0.383 e. The molecule has 0 aliphatic carbocycles. The van der Waals surface area contributed by atoms with Crippen LogP contribution < -0.4 is 0 Å². The van der Waals surface area contributed by atoms with Gasteiger partial charge in [0.1, 0.15) is 17.7 Å². The molecule has 0 saturated carbocycles. The molecular weight excluding hydrogens is 222 g/mol. The number of halogens is 2. The highest BCUT2D eigenvalue weighted by Crippen LogP contribution is 2.24. The van der Waals surface area contributed by atoms with Crippen molar-refractivity contribution < 1.29 is 13.9 Å². The topological polar surface area (TPSA) is 46.0 Å². The Hall–Kier alpha value is -1.40. The molecule has 0 fully saturated rings. The first-order valence-corrected chi connectivity index (χ1v) is 4.85. The van der Waals surface area contributed by atoms with Crippen molar-refractivity contribution in [1.29, 1.82) is 0 Å². The van der Waals surface area contributed by atoms with Crippen LogP contribution in [0.1, 0.15) is 16.5 Å². The van der Waals surface area contributed by atoms with Gasteiger partial charge in [0, 0.05) is 6.07 Å². The molecule has 0 aliphatic heterocycles. The maximum Gasteiger partial charge on any atom is 0.126 e. The zero-order valence-electron chi connectivity index (χ0n) is 7.39. The summed E-state index contributed by atoms with van der Waals surface area (Å²) in [5, 5.41) is 13.3. The smallest absolute Gasteiger partial charge is 0.126 e. The van der Waals surface area contributed by atoms with Crippen LogP contribution in [-0.4, -0.2) is 14.7 Å². The van der Waals surface area contributed by atoms with Crippen molar-refractivity contribution in [3.8, 4) is 0 Å². The van der Waals surface area contributed by atoms with Crippen molar-refractivity contribution in [3.63, 3.8) is 0 Å². The molecular formula is C9H6F2N2OS. The molecule has 1 atom stereocenters. The molecule has 0 aliphatic rings. The Morgan fingerprint density at radius 2 is 1.87 bits per heavy atom. The van der Waals surface area contributed by atoms with Crippen LogP contribution in [0.4, 0.5) is 8.78 Å². The molecule has 1 heterocycles. The summed E-state index contributed by atoms with van der Waals surface area (Å²) in [7, 11) is 0. The molecule has 1 aromatic carbocycles. The van der Waals surface area contributed by atoms with Crippen molar-refractivity contribution in [2.24, 2.45) is 0 Å². The van der Waals surface area contributed by atoms with E-state index in [0.717, 1.165) is 29.7 Å². The molecule has 2 aromatic rings. The SMILES string of the molecule is OC(c1cc(F)cc(F)c1)c1cnns1. The van der Waals surface area contributed by atoms with Crippen LogP contribution in [0.15, 0.2) is 24.4 Å². The molecule has 0 spiro atoms. The van der Waals surface area contributed by atoms with E-state index in [1.165, 1.54) is 6.20 Å². The van der Waals surface area contributed by atoms with Gasteiger partial charge in [0.05, 0.1) is 11.1 Å². The Bertz CT molecular complexity index is 441. The van der Waals surface area contributed by atoms with E-state index in [9.17, 15) is 13.9 Å². The molecule has 1 N–H and O–H groups in total. The quantitative estimate of drug-likeness (QED) is 0.853. The Balaban J connectivity index is 2.37. The standard InChI is InChI=1S/C9H6F2N2OS/c10-6-1-5(2-7(11)3-6)9(14)8-4-12-13-15-8/h1-4,9,14H. The molecule has 6 heteroatoms. The third-order valence-electron chi connectivity index (χ3n) is 1.85. The molecule has 0 saturated heterocycles. The number of hydrogen-bond acceptors (Lipinski definition) is 4. The second-order valence-corrected chi connectivity index (χ2v) is 3.74. The summed E-state index contributed by atoms with van der Waals surface area (Å²) in [4.78, 5) is 0.444. The second-order valence-electron chi connectivity index (χ2n) is 2.93. The predicted octanol–water partition coefficient (Wildman–Crippen LogP) is 1.90. The van der Waals surface area contributed by atoms with Crippen molar-refractivity contribution in [1.82, 2.24) is 9.59 Å². The number of benzene rings is 1. The first-order chi connectivity index (χ1) is 7.16. The number of nitrogens with zero attached hydrogens (tertiary/aromatic N) is 2. The van der Waals surface area contributed by atoms with Crippen molar-refractivity contribution >= 4 is 11.5 Å². The van der Waals surface area contributed by atoms with Gasteiger partial charge >= 0.3 is 0 Å². The Kier molecular flexibility index (Phi) is 2.70. The van der Waals surface area contributed by atoms with Crippen LogP contribution in [0, 0.1) is 11.6 Å². The van der Waals surface area contributed by atoms with Crippen molar-refractivity contribution in [2.45, 2.75) is 6.10 Å². The van der Waals surface area contributed by atoms with E-state index < -0.39 is 17.7 Å². The molecule has 78 valence electrons. The highest BCUT2D eigenvalue weighted by atomic mass is 32.1. The lowest BCUT2D eigenvalue weighted by Crippen LogP contribution is -1.98. The Morgan fingerprint density at radius 3 is 2.40 bits per heavy atom. The monoisotopic (exact) mass is 228 g/mol. The van der Waals surface area contributed by atoms with Gasteiger partial charge in [-0.1, -0.05) is 4.49 Å². The predicted molar refractivity (Wildman–Crippen MR) is 50.3 cm³/mol. The number of rotatable bonds is 2. The molecule has 15 heavy (non-hydrogen) atoms. The third kappa shape index (κ3) is 2.16. The maximum atomic E-state index is 12.9. The average Bonchev–Trinajstić information content (AvgIpc) is 2.67. The highest BCUT2D eigenvalue weighted by Gasteiger charge is 2.14. The summed E-state index contributed by atoms with van der Waals surface area (Å²) >= 11 is 0.982. The largest absolute Gasteiger partial charge is 0.383 e. The van der Waals surface area contributed by atoms with E-state index in [-0.39, 0.29) is 5.56 Å². The van der Waals surface area contributed by atoms with E-state index >= 15 is 0 Å². The van der Waals surface area contributed by atoms with E-state index in [2.05, 4.69) is 9.59 Å². The molecule has 1 aromatic heterocycles. The lowest BCUT2D eigenvalue weighted by atomic mass is 10.1. The molecule has 1 unspecified atom stereocenters. The van der Waals surface area contributed by atoms with Crippen LogP contribution in [0.3, 0.4) is 0 Å². The van der Waals surface area contributed by atoms with Gasteiger partial charge in [0.2, 0.25) is 0 Å². The number of aliphatic hydroxyl groups excluding tert-OH is 1. The van der Waals surface area contributed by atoms with E-state index in [0.29, 0.717) is 4.88 Å². The van der Waals surface area contributed by atoms with Crippen LogP contribution in [0.25, 0.3) is 0 Å². The van der Waals surface area contributed by atoms with E-state index in [1.807, 2.05) is 0 Å². The minimum atomic E-state index is -1.09. The summed E-state index contributed by atoms with van der Waals surface area (Å²) in [5.41, 5.74) is 0.151. The summed E-state index contributed by atoms with van der Waals surface area (Å²) in [6.07, 6.45) is 0.271. The molecule has 0 amide bonds. The maximum absolute atomic E-state index is 12.9. The Morgan fingerprint density at radius 1 is 1.20 bits per heavy atom. The van der Waals surface area contributed by atoms with E-state index in [1.54, 1.807) is 0 Å². The normalized spacial score (nSPS) is 12.7. The van der Waals surface area contributed by atoms with Gasteiger partial charge < -0.3 is 5.11 Å². The van der Waals surface area contributed by atoms with Crippen LogP contribution >= 0.6 is 11.5 Å². The first-order valence-electron chi connectivity index (χ1n) is 4.08. The Labute approximate surface area is 88.2 Å². The van der Waals surface area contributed by atoms with Crippen LogP contribution in [0.5, 0.6) is 0 Å². The summed E-state index contributed by atoms with van der Waals surface area (Å²) in [6.45, 7) is 0. The van der Waals surface area contributed by atoms with Gasteiger partial charge in [0.25, 0.3) is 0 Å². The van der Waals surface area contributed by atoms with Gasteiger partial charge in [-0.2, -0.15) is 0 Å². The average molecular weight is 228 g/mol. The van der Waals surface area contributed by atoms with Gasteiger partial charge in [-0.3, -0.25) is 0 Å². The van der Waals surface area contributed by atoms with Crippen LogP contribution in [-0.2, 0) is 0 Å². The summed E-state index contributed by atoms with van der Waals surface area (Å²) < 4.78 is 29.3.